The molecule has 0 saturated heterocycles. The maximum atomic E-state index is 14.0. The molecule has 110 valence electrons. The van der Waals surface area contributed by atoms with Gasteiger partial charge in [-0.15, -0.1) is 0 Å². The van der Waals surface area contributed by atoms with Crippen LogP contribution in [0.4, 0.5) is 10.1 Å². The van der Waals surface area contributed by atoms with E-state index in [1.807, 2.05) is 30.3 Å². The van der Waals surface area contributed by atoms with E-state index in [1.54, 1.807) is 13.0 Å². The normalized spacial score (nSPS) is 15.9. The van der Waals surface area contributed by atoms with Gasteiger partial charge in [-0.1, -0.05) is 24.3 Å². The molecule has 0 fully saturated rings. The summed E-state index contributed by atoms with van der Waals surface area (Å²) in [5, 5.41) is 9.88. The van der Waals surface area contributed by atoms with Crippen molar-refractivity contribution in [3.8, 4) is 5.75 Å². The van der Waals surface area contributed by atoms with E-state index in [2.05, 4.69) is 4.90 Å². The molecule has 0 aliphatic carbocycles. The summed E-state index contributed by atoms with van der Waals surface area (Å²) in [5.41, 5.74) is 2.14. The van der Waals surface area contributed by atoms with E-state index in [-0.39, 0.29) is 5.82 Å². The highest BCUT2D eigenvalue weighted by Crippen LogP contribution is 2.32. The molecule has 21 heavy (non-hydrogen) atoms. The Kier molecular flexibility index (Phi) is 3.80. The van der Waals surface area contributed by atoms with Crippen LogP contribution in [0.25, 0.3) is 0 Å². The summed E-state index contributed by atoms with van der Waals surface area (Å²) in [6, 6.07) is 12.8. The zero-order valence-electron chi connectivity index (χ0n) is 11.9. The number of rotatable bonds is 2. The number of hydrogen-bond donors (Lipinski definition) is 1. The summed E-state index contributed by atoms with van der Waals surface area (Å²) < 4.78 is 19.8. The van der Waals surface area contributed by atoms with Crippen molar-refractivity contribution in [2.45, 2.75) is 19.6 Å². The highest BCUT2D eigenvalue weighted by Gasteiger charge is 2.21. The molecule has 1 aliphatic rings. The van der Waals surface area contributed by atoms with E-state index in [0.717, 1.165) is 17.0 Å². The fourth-order valence-corrected chi connectivity index (χ4v) is 2.75. The van der Waals surface area contributed by atoms with Gasteiger partial charge >= 0.3 is 0 Å². The number of aliphatic hydroxyl groups excluding tert-OH is 1. The number of anilines is 1. The van der Waals surface area contributed by atoms with E-state index < -0.39 is 6.10 Å². The summed E-state index contributed by atoms with van der Waals surface area (Å²) in [5.74, 6) is 0.496. The molecule has 1 heterocycles. The summed E-state index contributed by atoms with van der Waals surface area (Å²) >= 11 is 0. The van der Waals surface area contributed by atoms with Crippen LogP contribution in [0.3, 0.4) is 0 Å². The van der Waals surface area contributed by atoms with E-state index in [9.17, 15) is 9.50 Å². The lowest BCUT2D eigenvalue weighted by Gasteiger charge is -2.26. The number of aliphatic hydroxyl groups is 1. The Labute approximate surface area is 123 Å². The molecule has 0 bridgehead atoms. The first-order chi connectivity index (χ1) is 10.2. The van der Waals surface area contributed by atoms with Gasteiger partial charge in [0.25, 0.3) is 0 Å². The summed E-state index contributed by atoms with van der Waals surface area (Å²) in [6.07, 6.45) is -0.847. The van der Waals surface area contributed by atoms with Crippen LogP contribution in [0.5, 0.6) is 5.75 Å². The Morgan fingerprint density at radius 1 is 1.19 bits per heavy atom. The third kappa shape index (κ3) is 2.72. The number of nitrogens with zero attached hydrogens (tertiary/aromatic N) is 1. The van der Waals surface area contributed by atoms with Gasteiger partial charge in [0.05, 0.1) is 12.6 Å². The highest BCUT2D eigenvalue weighted by atomic mass is 19.1. The maximum Gasteiger partial charge on any atom is 0.131 e. The molecule has 0 radical (unpaired) electrons. The Morgan fingerprint density at radius 3 is 2.81 bits per heavy atom. The molecule has 0 amide bonds. The second-order valence-electron chi connectivity index (χ2n) is 5.23. The quantitative estimate of drug-likeness (QED) is 0.920. The second kappa shape index (κ2) is 5.74. The maximum absolute atomic E-state index is 14.0. The van der Waals surface area contributed by atoms with Crippen LogP contribution in [-0.4, -0.2) is 18.3 Å². The first kappa shape index (κ1) is 13.9. The fraction of sp³-hybridized carbons (Fsp3) is 0.294. The summed E-state index contributed by atoms with van der Waals surface area (Å²) in [4.78, 5) is 2.05. The topological polar surface area (TPSA) is 32.7 Å². The van der Waals surface area contributed by atoms with Crippen LogP contribution < -0.4 is 9.64 Å². The number of ether oxygens (including phenoxy) is 1. The van der Waals surface area contributed by atoms with Gasteiger partial charge in [-0.25, -0.2) is 4.39 Å². The molecule has 0 saturated carbocycles. The zero-order chi connectivity index (χ0) is 14.8. The van der Waals surface area contributed by atoms with E-state index >= 15 is 0 Å². The third-order valence-electron chi connectivity index (χ3n) is 3.74. The molecule has 0 aromatic heterocycles. The third-order valence-corrected chi connectivity index (χ3v) is 3.74. The van der Waals surface area contributed by atoms with Crippen LogP contribution in [0, 0.1) is 5.82 Å². The van der Waals surface area contributed by atoms with Crippen molar-refractivity contribution in [1.82, 2.24) is 0 Å². The first-order valence-electron chi connectivity index (χ1n) is 7.09. The van der Waals surface area contributed by atoms with Crippen molar-refractivity contribution in [3.63, 3.8) is 0 Å². The average molecular weight is 287 g/mol. The Morgan fingerprint density at radius 2 is 2.00 bits per heavy atom. The van der Waals surface area contributed by atoms with Crippen molar-refractivity contribution in [1.29, 1.82) is 0 Å². The van der Waals surface area contributed by atoms with Crippen molar-refractivity contribution in [2.75, 3.05) is 18.1 Å². The lowest BCUT2D eigenvalue weighted by atomic mass is 10.1. The minimum Gasteiger partial charge on any atom is -0.491 e. The molecule has 0 spiro atoms. The number of benzene rings is 2. The van der Waals surface area contributed by atoms with Crippen molar-refractivity contribution in [2.24, 2.45) is 0 Å². The number of fused-ring (bicyclic) bond motifs is 1. The van der Waals surface area contributed by atoms with Crippen LogP contribution in [0.2, 0.25) is 0 Å². The monoisotopic (exact) mass is 287 g/mol. The lowest BCUT2D eigenvalue weighted by molar-refractivity contribution is 0.194. The van der Waals surface area contributed by atoms with E-state index in [1.165, 1.54) is 6.07 Å². The Bertz CT molecular complexity index is 642. The largest absolute Gasteiger partial charge is 0.491 e. The fourth-order valence-electron chi connectivity index (χ4n) is 2.75. The lowest BCUT2D eigenvalue weighted by Crippen LogP contribution is -2.27. The smallest absolute Gasteiger partial charge is 0.131 e. The molecule has 1 aliphatic heterocycles. The van der Waals surface area contributed by atoms with Gasteiger partial charge in [0.2, 0.25) is 0 Å². The molecule has 1 atom stereocenters. The molecule has 1 N–H and O–H groups in total. The van der Waals surface area contributed by atoms with E-state index in [4.69, 9.17) is 4.74 Å². The average Bonchev–Trinajstić information content (AvgIpc) is 2.68. The molecule has 3 nitrogen and oxygen atoms in total. The number of halogens is 1. The molecule has 4 heteroatoms. The van der Waals surface area contributed by atoms with Gasteiger partial charge in [-0.05, 0) is 25.1 Å². The predicted molar refractivity (Wildman–Crippen MR) is 80.0 cm³/mol. The van der Waals surface area contributed by atoms with E-state index in [0.29, 0.717) is 25.3 Å². The SMILES string of the molecule is CC(O)c1c(F)cccc1N1CCOc2ccccc2C1. The molecule has 2 aromatic rings. The van der Waals surface area contributed by atoms with Gasteiger partial charge in [0.1, 0.15) is 18.2 Å². The Balaban J connectivity index is 2.00. The Hall–Kier alpha value is -2.07. The number of para-hydroxylation sites is 1. The minimum absolute atomic E-state index is 0.344. The first-order valence-corrected chi connectivity index (χ1v) is 7.09. The molecule has 3 rings (SSSR count). The van der Waals surface area contributed by atoms with Crippen molar-refractivity contribution >= 4 is 5.69 Å². The molecule has 1 unspecified atom stereocenters. The van der Waals surface area contributed by atoms with Crippen molar-refractivity contribution < 1.29 is 14.2 Å². The van der Waals surface area contributed by atoms with Gasteiger partial charge in [-0.2, -0.15) is 0 Å². The standard InChI is InChI=1S/C17H18FNO2/c1-12(20)17-14(18)6-4-7-15(17)19-9-10-21-16-8-3-2-5-13(16)11-19/h2-8,12,20H,9-11H2,1H3. The van der Waals surface area contributed by atoms with Gasteiger partial charge in [0.15, 0.2) is 0 Å². The molecule has 2 aromatic carbocycles. The predicted octanol–water partition coefficient (Wildman–Crippen LogP) is 3.28. The number of hydrogen-bond acceptors (Lipinski definition) is 3. The van der Waals surface area contributed by atoms with Crippen molar-refractivity contribution in [3.05, 3.63) is 59.4 Å². The summed E-state index contributed by atoms with van der Waals surface area (Å²) in [6.45, 7) is 3.41. The minimum atomic E-state index is -0.847. The van der Waals surface area contributed by atoms with Crippen LogP contribution in [-0.2, 0) is 6.54 Å². The van der Waals surface area contributed by atoms with Crippen LogP contribution in [0.15, 0.2) is 42.5 Å². The molecular formula is C17H18FNO2. The zero-order valence-corrected chi connectivity index (χ0v) is 11.9. The van der Waals surface area contributed by atoms with Crippen LogP contribution >= 0.6 is 0 Å². The van der Waals surface area contributed by atoms with Crippen LogP contribution in [0.1, 0.15) is 24.2 Å². The highest BCUT2D eigenvalue weighted by molar-refractivity contribution is 5.56. The van der Waals surface area contributed by atoms with Gasteiger partial charge in [-0.3, -0.25) is 0 Å². The van der Waals surface area contributed by atoms with Gasteiger partial charge in [0, 0.05) is 23.4 Å². The molecular weight excluding hydrogens is 269 g/mol. The summed E-state index contributed by atoms with van der Waals surface area (Å²) in [7, 11) is 0. The van der Waals surface area contributed by atoms with Gasteiger partial charge < -0.3 is 14.7 Å². The second-order valence-corrected chi connectivity index (χ2v) is 5.23.